The fraction of sp³-hybridized carbons (Fsp3) is 0.400. The number of H-pyrrole nitrogens is 1. The van der Waals surface area contributed by atoms with Gasteiger partial charge in [-0.2, -0.15) is 15.4 Å². The number of aromatic nitrogens is 4. The van der Waals surface area contributed by atoms with E-state index in [0.717, 1.165) is 15.6 Å². The number of nitrogens with zero attached hydrogens (tertiary/aromatic N) is 3. The van der Waals surface area contributed by atoms with E-state index in [1.165, 1.54) is 6.20 Å². The molecule has 0 aliphatic heterocycles. The molecular weight excluding hydrogens is 238 g/mol. The Kier molecular flexibility index (Phi) is 3.19. The van der Waals surface area contributed by atoms with E-state index >= 15 is 0 Å². The smallest absolute Gasteiger partial charge is 0.273 e. The molecule has 0 aliphatic rings. The number of carbonyl (C=O) groups is 1. The quantitative estimate of drug-likeness (QED) is 0.863. The van der Waals surface area contributed by atoms with Crippen molar-refractivity contribution < 1.29 is 4.79 Å². The lowest BCUT2D eigenvalue weighted by Crippen LogP contribution is -2.27. The maximum atomic E-state index is 11.7. The highest BCUT2D eigenvalue weighted by molar-refractivity contribution is 7.11. The molecule has 0 aromatic carbocycles. The van der Waals surface area contributed by atoms with Gasteiger partial charge in [-0.3, -0.25) is 4.79 Å². The Hall–Kier alpha value is -1.76. The van der Waals surface area contributed by atoms with Crippen molar-refractivity contribution in [3.05, 3.63) is 27.5 Å². The first-order valence-electron chi connectivity index (χ1n) is 5.18. The highest BCUT2D eigenvalue weighted by Crippen LogP contribution is 2.22. The lowest BCUT2D eigenvalue weighted by molar-refractivity contribution is 0.0934. The van der Waals surface area contributed by atoms with Crippen LogP contribution in [0.25, 0.3) is 0 Å². The molecule has 2 N–H and O–H groups in total. The molecular formula is C10H13N5OS. The summed E-state index contributed by atoms with van der Waals surface area (Å²) in [4.78, 5) is 17.3. The molecule has 2 aromatic heterocycles. The Morgan fingerprint density at radius 1 is 1.53 bits per heavy atom. The molecule has 2 aromatic rings. The SMILES string of the molecule is Cc1nc(C(C)NC(=O)c2cn[nH]n2)c(C)s1. The van der Waals surface area contributed by atoms with E-state index in [9.17, 15) is 4.79 Å². The standard InChI is InChI=1S/C10H13N5OS/c1-5(9-6(2)17-7(3)13-9)12-10(16)8-4-11-15-14-8/h4-5H,1-3H3,(H,12,16)(H,11,14,15). The average Bonchev–Trinajstić information content (AvgIpc) is 2.87. The van der Waals surface area contributed by atoms with Crippen molar-refractivity contribution in [2.24, 2.45) is 0 Å². The van der Waals surface area contributed by atoms with E-state index < -0.39 is 0 Å². The molecule has 0 fully saturated rings. The summed E-state index contributed by atoms with van der Waals surface area (Å²) < 4.78 is 0. The number of nitrogens with one attached hydrogen (secondary N) is 2. The van der Waals surface area contributed by atoms with Crippen molar-refractivity contribution in [2.45, 2.75) is 26.8 Å². The number of aromatic amines is 1. The van der Waals surface area contributed by atoms with Gasteiger partial charge in [0.25, 0.3) is 5.91 Å². The van der Waals surface area contributed by atoms with Crippen LogP contribution in [0.5, 0.6) is 0 Å². The second kappa shape index (κ2) is 4.62. The fourth-order valence-corrected chi connectivity index (χ4v) is 2.51. The molecule has 0 saturated carbocycles. The van der Waals surface area contributed by atoms with Gasteiger partial charge in [-0.15, -0.1) is 11.3 Å². The van der Waals surface area contributed by atoms with Crippen LogP contribution < -0.4 is 5.32 Å². The first-order valence-corrected chi connectivity index (χ1v) is 6.00. The summed E-state index contributed by atoms with van der Waals surface area (Å²) in [6.45, 7) is 5.85. The van der Waals surface area contributed by atoms with Gasteiger partial charge in [0.05, 0.1) is 22.9 Å². The molecule has 0 saturated heterocycles. The lowest BCUT2D eigenvalue weighted by atomic mass is 10.2. The Labute approximate surface area is 102 Å². The largest absolute Gasteiger partial charge is 0.342 e. The van der Waals surface area contributed by atoms with Crippen LogP contribution >= 0.6 is 11.3 Å². The predicted molar refractivity (Wildman–Crippen MR) is 63.9 cm³/mol. The third-order valence-electron chi connectivity index (χ3n) is 2.34. The van der Waals surface area contributed by atoms with Gasteiger partial charge in [0.1, 0.15) is 0 Å². The minimum Gasteiger partial charge on any atom is -0.342 e. The highest BCUT2D eigenvalue weighted by atomic mass is 32.1. The zero-order chi connectivity index (χ0) is 12.4. The van der Waals surface area contributed by atoms with Crippen molar-refractivity contribution in [3.8, 4) is 0 Å². The van der Waals surface area contributed by atoms with Crippen LogP contribution in [0.15, 0.2) is 6.20 Å². The van der Waals surface area contributed by atoms with E-state index in [4.69, 9.17) is 0 Å². The van der Waals surface area contributed by atoms with Gasteiger partial charge in [-0.1, -0.05) is 0 Å². The van der Waals surface area contributed by atoms with Crippen molar-refractivity contribution in [1.82, 2.24) is 25.7 Å². The molecule has 0 radical (unpaired) electrons. The molecule has 6 nitrogen and oxygen atoms in total. The van der Waals surface area contributed by atoms with E-state index in [1.807, 2.05) is 20.8 Å². The van der Waals surface area contributed by atoms with Crippen molar-refractivity contribution in [1.29, 1.82) is 0 Å². The minimum absolute atomic E-state index is 0.135. The molecule has 0 spiro atoms. The lowest BCUT2D eigenvalue weighted by Gasteiger charge is -2.11. The molecule has 90 valence electrons. The number of aryl methyl sites for hydroxylation is 2. The number of rotatable bonds is 3. The molecule has 0 bridgehead atoms. The monoisotopic (exact) mass is 251 g/mol. The Balaban J connectivity index is 2.09. The van der Waals surface area contributed by atoms with E-state index in [1.54, 1.807) is 11.3 Å². The van der Waals surface area contributed by atoms with Gasteiger partial charge in [0.2, 0.25) is 0 Å². The predicted octanol–water partition coefficient (Wildman–Crippen LogP) is 1.37. The summed E-state index contributed by atoms with van der Waals surface area (Å²) >= 11 is 1.63. The zero-order valence-electron chi connectivity index (χ0n) is 9.81. The Morgan fingerprint density at radius 3 is 2.82 bits per heavy atom. The molecule has 2 heterocycles. The number of hydrogen-bond acceptors (Lipinski definition) is 5. The summed E-state index contributed by atoms with van der Waals surface area (Å²) in [6.07, 6.45) is 1.39. The minimum atomic E-state index is -0.253. The molecule has 1 amide bonds. The van der Waals surface area contributed by atoms with Gasteiger partial charge >= 0.3 is 0 Å². The normalized spacial score (nSPS) is 12.4. The first kappa shape index (κ1) is 11.7. The number of thiazole rings is 1. The van der Waals surface area contributed by atoms with Crippen LogP contribution in [0.1, 0.15) is 39.0 Å². The van der Waals surface area contributed by atoms with Gasteiger partial charge in [-0.25, -0.2) is 4.98 Å². The summed E-state index contributed by atoms with van der Waals surface area (Å²) in [5.41, 5.74) is 1.19. The molecule has 1 atom stereocenters. The van der Waals surface area contributed by atoms with Crippen LogP contribution in [0.3, 0.4) is 0 Å². The summed E-state index contributed by atoms with van der Waals surface area (Å²) in [6, 6.07) is -0.135. The maximum absolute atomic E-state index is 11.7. The van der Waals surface area contributed by atoms with E-state index in [-0.39, 0.29) is 17.6 Å². The van der Waals surface area contributed by atoms with Crippen LogP contribution in [-0.2, 0) is 0 Å². The highest BCUT2D eigenvalue weighted by Gasteiger charge is 2.17. The second-order valence-electron chi connectivity index (χ2n) is 3.72. The summed E-state index contributed by atoms with van der Waals surface area (Å²) in [5, 5.41) is 13.6. The molecule has 0 aliphatic carbocycles. The van der Waals surface area contributed by atoms with Crippen molar-refractivity contribution >= 4 is 17.2 Å². The summed E-state index contributed by atoms with van der Waals surface area (Å²) in [7, 11) is 0. The topological polar surface area (TPSA) is 83.6 Å². The number of amides is 1. The molecule has 17 heavy (non-hydrogen) atoms. The second-order valence-corrected chi connectivity index (χ2v) is 5.13. The zero-order valence-corrected chi connectivity index (χ0v) is 10.6. The first-order chi connectivity index (χ1) is 8.08. The Morgan fingerprint density at radius 2 is 2.29 bits per heavy atom. The summed E-state index contributed by atoms with van der Waals surface area (Å²) in [5.74, 6) is -0.253. The fourth-order valence-electron chi connectivity index (χ4n) is 1.60. The van der Waals surface area contributed by atoms with Crippen molar-refractivity contribution in [2.75, 3.05) is 0 Å². The van der Waals surface area contributed by atoms with Crippen LogP contribution in [0.4, 0.5) is 0 Å². The molecule has 2 rings (SSSR count). The Bertz CT molecular complexity index is 519. The van der Waals surface area contributed by atoms with Crippen LogP contribution in [0, 0.1) is 13.8 Å². The van der Waals surface area contributed by atoms with Gasteiger partial charge in [0, 0.05) is 4.88 Å². The third-order valence-corrected chi connectivity index (χ3v) is 3.25. The van der Waals surface area contributed by atoms with Gasteiger partial charge in [0.15, 0.2) is 5.69 Å². The average molecular weight is 251 g/mol. The van der Waals surface area contributed by atoms with E-state index in [2.05, 4.69) is 25.7 Å². The number of carbonyl (C=O) groups excluding carboxylic acids is 1. The maximum Gasteiger partial charge on any atom is 0.273 e. The van der Waals surface area contributed by atoms with Crippen LogP contribution in [-0.4, -0.2) is 26.3 Å². The van der Waals surface area contributed by atoms with Crippen molar-refractivity contribution in [3.63, 3.8) is 0 Å². The third kappa shape index (κ3) is 2.50. The van der Waals surface area contributed by atoms with Crippen LogP contribution in [0.2, 0.25) is 0 Å². The number of hydrogen-bond donors (Lipinski definition) is 2. The van der Waals surface area contributed by atoms with Gasteiger partial charge < -0.3 is 5.32 Å². The molecule has 7 heteroatoms. The van der Waals surface area contributed by atoms with Gasteiger partial charge in [-0.05, 0) is 20.8 Å². The van der Waals surface area contributed by atoms with E-state index in [0.29, 0.717) is 0 Å². The molecule has 1 unspecified atom stereocenters.